The van der Waals surface area contributed by atoms with Crippen molar-refractivity contribution in [3.05, 3.63) is 17.0 Å². The van der Waals surface area contributed by atoms with Crippen molar-refractivity contribution in [1.29, 1.82) is 0 Å². The molecule has 1 aliphatic rings. The van der Waals surface area contributed by atoms with Crippen molar-refractivity contribution in [1.82, 2.24) is 20.3 Å². The molecule has 1 aromatic heterocycles. The normalized spacial score (nSPS) is 18.2. The molecule has 3 amide bonds. The molecule has 0 aliphatic carbocycles. The predicted octanol–water partition coefficient (Wildman–Crippen LogP) is -0.113. The molecule has 0 unspecified atom stereocenters. The molecule has 132 valence electrons. The summed E-state index contributed by atoms with van der Waals surface area (Å²) < 4.78 is 5.10. The first-order valence-electron chi connectivity index (χ1n) is 8.00. The molecule has 0 saturated carbocycles. The second-order valence-electron chi connectivity index (χ2n) is 6.10. The van der Waals surface area contributed by atoms with Gasteiger partial charge in [-0.15, -0.1) is 0 Å². The van der Waals surface area contributed by atoms with Gasteiger partial charge >= 0.3 is 0 Å². The Morgan fingerprint density at radius 1 is 1.21 bits per heavy atom. The van der Waals surface area contributed by atoms with Crippen LogP contribution in [0, 0.1) is 19.8 Å². The van der Waals surface area contributed by atoms with Crippen LogP contribution in [0.4, 0.5) is 0 Å². The van der Waals surface area contributed by atoms with Gasteiger partial charge in [0, 0.05) is 45.7 Å². The fourth-order valence-electron chi connectivity index (χ4n) is 2.91. The molecule has 24 heavy (non-hydrogen) atoms. The maximum absolute atomic E-state index is 12.7. The molecule has 1 saturated heterocycles. The van der Waals surface area contributed by atoms with Crippen molar-refractivity contribution >= 4 is 17.7 Å². The number of aryl methyl sites for hydroxylation is 2. The van der Waals surface area contributed by atoms with E-state index in [0.29, 0.717) is 37.6 Å². The maximum atomic E-state index is 12.7. The van der Waals surface area contributed by atoms with E-state index in [1.54, 1.807) is 30.7 Å². The summed E-state index contributed by atoms with van der Waals surface area (Å²) in [5.74, 6) is -0.162. The van der Waals surface area contributed by atoms with Gasteiger partial charge in [-0.3, -0.25) is 14.4 Å². The topological polar surface area (TPSA) is 95.8 Å². The zero-order chi connectivity index (χ0) is 17.9. The van der Waals surface area contributed by atoms with E-state index in [0.717, 1.165) is 5.56 Å². The van der Waals surface area contributed by atoms with Crippen LogP contribution in [0.15, 0.2) is 4.52 Å². The van der Waals surface area contributed by atoms with Crippen LogP contribution < -0.4 is 5.32 Å². The fourth-order valence-corrected chi connectivity index (χ4v) is 2.91. The van der Waals surface area contributed by atoms with E-state index < -0.39 is 5.92 Å². The Hall–Kier alpha value is -2.38. The fraction of sp³-hybridized carbons (Fsp3) is 0.625. The Morgan fingerprint density at radius 3 is 2.38 bits per heavy atom. The third-order valence-electron chi connectivity index (χ3n) is 4.45. The minimum absolute atomic E-state index is 0.0936. The van der Waals surface area contributed by atoms with Gasteiger partial charge in [-0.2, -0.15) is 0 Å². The van der Waals surface area contributed by atoms with Crippen LogP contribution in [0.2, 0.25) is 0 Å². The average molecular weight is 336 g/mol. The summed E-state index contributed by atoms with van der Waals surface area (Å²) in [6.07, 6.45) is 0.182. The second-order valence-corrected chi connectivity index (χ2v) is 6.10. The van der Waals surface area contributed by atoms with E-state index in [2.05, 4.69) is 10.5 Å². The summed E-state index contributed by atoms with van der Waals surface area (Å²) in [4.78, 5) is 39.7. The standard InChI is InChI=1S/C16H24N4O4/c1-10-14(11(2)24-18-10)7-15(22)20-6-5-19(12(3)21)8-13(9-20)16(23)17-4/h13H,5-9H2,1-4H3,(H,17,23)/t13-/m1/s1. The van der Waals surface area contributed by atoms with Gasteiger partial charge in [-0.1, -0.05) is 5.16 Å². The first kappa shape index (κ1) is 18.0. The number of amides is 3. The van der Waals surface area contributed by atoms with Gasteiger partial charge in [0.05, 0.1) is 18.0 Å². The molecule has 0 spiro atoms. The molecule has 2 rings (SSSR count). The Balaban J connectivity index is 2.14. The van der Waals surface area contributed by atoms with Crippen molar-refractivity contribution in [2.24, 2.45) is 5.92 Å². The number of hydrogen-bond acceptors (Lipinski definition) is 5. The molecule has 2 heterocycles. The maximum Gasteiger partial charge on any atom is 0.227 e. The lowest BCUT2D eigenvalue weighted by Crippen LogP contribution is -2.42. The quantitative estimate of drug-likeness (QED) is 0.831. The zero-order valence-corrected chi connectivity index (χ0v) is 14.6. The Labute approximate surface area is 141 Å². The number of carbonyl (C=O) groups is 3. The van der Waals surface area contributed by atoms with E-state index in [4.69, 9.17) is 4.52 Å². The van der Waals surface area contributed by atoms with Crippen LogP contribution in [-0.2, 0) is 20.8 Å². The molecule has 1 atom stereocenters. The number of hydrogen-bond donors (Lipinski definition) is 1. The van der Waals surface area contributed by atoms with Crippen molar-refractivity contribution in [3.8, 4) is 0 Å². The summed E-state index contributed by atoms with van der Waals surface area (Å²) in [7, 11) is 1.56. The van der Waals surface area contributed by atoms with Crippen LogP contribution in [0.3, 0.4) is 0 Å². The first-order chi connectivity index (χ1) is 11.3. The number of carbonyl (C=O) groups excluding carboxylic acids is 3. The number of nitrogens with zero attached hydrogens (tertiary/aromatic N) is 3. The molecule has 0 aromatic carbocycles. The third kappa shape index (κ3) is 3.93. The second kappa shape index (κ2) is 7.46. The molecule has 1 fully saturated rings. The Kier molecular flexibility index (Phi) is 5.58. The molecule has 1 aromatic rings. The Bertz CT molecular complexity index is 621. The van der Waals surface area contributed by atoms with E-state index in [1.807, 2.05) is 0 Å². The van der Waals surface area contributed by atoms with E-state index in [1.165, 1.54) is 6.92 Å². The van der Waals surface area contributed by atoms with Gasteiger partial charge in [0.15, 0.2) is 0 Å². The summed E-state index contributed by atoms with van der Waals surface area (Å²) in [6, 6.07) is 0. The summed E-state index contributed by atoms with van der Waals surface area (Å²) in [5, 5.41) is 6.47. The molecule has 0 radical (unpaired) electrons. The zero-order valence-electron chi connectivity index (χ0n) is 14.6. The monoisotopic (exact) mass is 336 g/mol. The molecular weight excluding hydrogens is 312 g/mol. The van der Waals surface area contributed by atoms with Gasteiger partial charge < -0.3 is 19.6 Å². The lowest BCUT2D eigenvalue weighted by molar-refractivity contribution is -0.132. The number of rotatable bonds is 3. The van der Waals surface area contributed by atoms with Crippen molar-refractivity contribution in [2.45, 2.75) is 27.2 Å². The van der Waals surface area contributed by atoms with E-state index in [9.17, 15) is 14.4 Å². The summed E-state index contributed by atoms with van der Waals surface area (Å²) >= 11 is 0. The van der Waals surface area contributed by atoms with E-state index in [-0.39, 0.29) is 24.1 Å². The van der Waals surface area contributed by atoms with Gasteiger partial charge in [0.1, 0.15) is 5.76 Å². The summed E-state index contributed by atoms with van der Waals surface area (Å²) in [5.41, 5.74) is 1.48. The molecular formula is C16H24N4O4. The first-order valence-corrected chi connectivity index (χ1v) is 8.00. The van der Waals surface area contributed by atoms with Crippen molar-refractivity contribution in [2.75, 3.05) is 33.2 Å². The largest absolute Gasteiger partial charge is 0.361 e. The highest BCUT2D eigenvalue weighted by Crippen LogP contribution is 2.16. The van der Waals surface area contributed by atoms with Crippen LogP contribution in [0.25, 0.3) is 0 Å². The minimum atomic E-state index is -0.435. The molecule has 8 heteroatoms. The smallest absolute Gasteiger partial charge is 0.227 e. The summed E-state index contributed by atoms with van der Waals surface area (Å²) in [6.45, 7) is 6.51. The lowest BCUT2D eigenvalue weighted by Gasteiger charge is -2.23. The van der Waals surface area contributed by atoms with Crippen molar-refractivity contribution < 1.29 is 18.9 Å². The number of aromatic nitrogens is 1. The highest BCUT2D eigenvalue weighted by Gasteiger charge is 2.31. The minimum Gasteiger partial charge on any atom is -0.361 e. The number of nitrogens with one attached hydrogen (secondary N) is 1. The molecule has 0 bridgehead atoms. The highest BCUT2D eigenvalue weighted by atomic mass is 16.5. The third-order valence-corrected chi connectivity index (χ3v) is 4.45. The molecule has 8 nitrogen and oxygen atoms in total. The van der Waals surface area contributed by atoms with Gasteiger partial charge in [0.25, 0.3) is 0 Å². The highest BCUT2D eigenvalue weighted by molar-refractivity contribution is 5.83. The lowest BCUT2D eigenvalue weighted by atomic mass is 10.1. The van der Waals surface area contributed by atoms with Gasteiger partial charge in [-0.25, -0.2) is 0 Å². The van der Waals surface area contributed by atoms with Crippen LogP contribution >= 0.6 is 0 Å². The van der Waals surface area contributed by atoms with Gasteiger partial charge in [0.2, 0.25) is 17.7 Å². The molecule has 1 N–H and O–H groups in total. The Morgan fingerprint density at radius 2 is 1.83 bits per heavy atom. The van der Waals surface area contributed by atoms with E-state index >= 15 is 0 Å². The van der Waals surface area contributed by atoms with Crippen molar-refractivity contribution in [3.63, 3.8) is 0 Å². The predicted molar refractivity (Wildman–Crippen MR) is 86.1 cm³/mol. The SMILES string of the molecule is CNC(=O)[C@@H]1CN(C(C)=O)CCN(C(=O)Cc2c(C)noc2C)C1. The van der Waals surface area contributed by atoms with Crippen LogP contribution in [0.5, 0.6) is 0 Å². The van der Waals surface area contributed by atoms with Crippen LogP contribution in [-0.4, -0.2) is 65.9 Å². The van der Waals surface area contributed by atoms with Crippen LogP contribution in [0.1, 0.15) is 23.9 Å². The van der Waals surface area contributed by atoms with Gasteiger partial charge in [-0.05, 0) is 13.8 Å². The average Bonchev–Trinajstić information content (AvgIpc) is 2.78. The molecule has 1 aliphatic heterocycles.